The van der Waals surface area contributed by atoms with Crippen LogP contribution in [0.4, 0.5) is 0 Å². The summed E-state index contributed by atoms with van der Waals surface area (Å²) >= 11 is 6.19. The van der Waals surface area contributed by atoms with Gasteiger partial charge in [-0.3, -0.25) is 0 Å². The molecule has 0 bridgehead atoms. The van der Waals surface area contributed by atoms with E-state index in [0.717, 1.165) is 18.7 Å². The first kappa shape index (κ1) is 18.2. The van der Waals surface area contributed by atoms with Gasteiger partial charge >= 0.3 is 0 Å². The molecule has 0 aliphatic carbocycles. The monoisotopic (exact) mass is 314 g/mol. The fourth-order valence-electron chi connectivity index (χ4n) is 1.55. The Labute approximate surface area is 133 Å². The third-order valence-corrected chi connectivity index (χ3v) is 2.88. The number of pyridine rings is 1. The summed E-state index contributed by atoms with van der Waals surface area (Å²) in [7, 11) is 0. The summed E-state index contributed by atoms with van der Waals surface area (Å²) in [6.07, 6.45) is 1.79. The molecule has 4 nitrogen and oxygen atoms in total. The Balaban J connectivity index is 2.40. The quantitative estimate of drug-likeness (QED) is 0.743. The molecule has 0 amide bonds. The molecule has 0 aliphatic rings. The van der Waals surface area contributed by atoms with Gasteiger partial charge in [0.1, 0.15) is 11.6 Å². The number of rotatable bonds is 8. The fourth-order valence-corrected chi connectivity index (χ4v) is 1.79. The van der Waals surface area contributed by atoms with E-state index in [0.29, 0.717) is 30.0 Å². The van der Waals surface area contributed by atoms with Crippen LogP contribution in [0.5, 0.6) is 5.88 Å². The van der Waals surface area contributed by atoms with E-state index in [4.69, 9.17) is 21.1 Å². The number of aromatic nitrogens is 1. The molecular weight excluding hydrogens is 288 g/mol. The van der Waals surface area contributed by atoms with Gasteiger partial charge in [-0.15, -0.1) is 0 Å². The van der Waals surface area contributed by atoms with Crippen molar-refractivity contribution >= 4 is 11.6 Å². The Kier molecular flexibility index (Phi) is 7.43. The molecule has 120 valence electrons. The molecule has 0 fully saturated rings. The highest BCUT2D eigenvalue weighted by atomic mass is 35.5. The third kappa shape index (κ3) is 8.24. The zero-order valence-corrected chi connectivity index (χ0v) is 14.5. The van der Waals surface area contributed by atoms with E-state index in [2.05, 4.69) is 44.9 Å². The smallest absolute Gasteiger partial charge is 0.232 e. The minimum atomic E-state index is 0.0649. The van der Waals surface area contributed by atoms with Gasteiger partial charge in [-0.1, -0.05) is 25.4 Å². The Hall–Kier alpha value is -0.840. The second-order valence-corrected chi connectivity index (χ2v) is 6.96. The summed E-state index contributed by atoms with van der Waals surface area (Å²) in [5, 5.41) is 3.93. The van der Waals surface area contributed by atoms with Gasteiger partial charge in [-0.25, -0.2) is 4.98 Å². The molecule has 5 heteroatoms. The van der Waals surface area contributed by atoms with Gasteiger partial charge in [0.15, 0.2) is 0 Å². The molecule has 1 heterocycles. The summed E-state index contributed by atoms with van der Waals surface area (Å²) in [5.74, 6) is 0.991. The van der Waals surface area contributed by atoms with E-state index >= 15 is 0 Å². The lowest BCUT2D eigenvalue weighted by Gasteiger charge is -2.20. The first-order chi connectivity index (χ1) is 9.78. The van der Waals surface area contributed by atoms with Crippen molar-refractivity contribution in [2.75, 3.05) is 19.8 Å². The molecule has 1 rings (SSSR count). The van der Waals surface area contributed by atoms with Crippen molar-refractivity contribution in [3.63, 3.8) is 0 Å². The van der Waals surface area contributed by atoms with Gasteiger partial charge in [0, 0.05) is 24.9 Å². The van der Waals surface area contributed by atoms with Gasteiger partial charge < -0.3 is 14.8 Å². The number of nitrogens with one attached hydrogen (secondary N) is 1. The second kappa shape index (κ2) is 8.57. The maximum Gasteiger partial charge on any atom is 0.232 e. The van der Waals surface area contributed by atoms with Crippen molar-refractivity contribution < 1.29 is 9.47 Å². The van der Waals surface area contributed by atoms with Crippen LogP contribution in [0.3, 0.4) is 0 Å². The van der Waals surface area contributed by atoms with Gasteiger partial charge in [0.25, 0.3) is 0 Å². The number of hydrogen-bond donors (Lipinski definition) is 1. The Bertz CT molecular complexity index is 431. The molecule has 0 aliphatic heterocycles. The van der Waals surface area contributed by atoms with Crippen LogP contribution in [0.1, 0.15) is 40.2 Å². The van der Waals surface area contributed by atoms with Crippen molar-refractivity contribution in [2.45, 2.75) is 46.7 Å². The summed E-state index contributed by atoms with van der Waals surface area (Å²) < 4.78 is 11.0. The van der Waals surface area contributed by atoms with Gasteiger partial charge in [0.2, 0.25) is 5.88 Å². The number of nitrogens with zero attached hydrogens (tertiary/aromatic N) is 1. The maximum absolute atomic E-state index is 6.19. The number of ether oxygens (including phenoxy) is 2. The van der Waals surface area contributed by atoms with Crippen molar-refractivity contribution in [3.8, 4) is 5.88 Å². The summed E-state index contributed by atoms with van der Waals surface area (Å²) in [6.45, 7) is 13.1. The molecule has 0 spiro atoms. The highest BCUT2D eigenvalue weighted by Crippen LogP contribution is 2.22. The van der Waals surface area contributed by atoms with Gasteiger partial charge in [0.05, 0.1) is 6.61 Å². The maximum atomic E-state index is 6.19. The zero-order chi connectivity index (χ0) is 15.9. The van der Waals surface area contributed by atoms with Crippen molar-refractivity contribution in [1.29, 1.82) is 0 Å². The van der Waals surface area contributed by atoms with Crippen LogP contribution in [0, 0.1) is 5.92 Å². The average molecular weight is 315 g/mol. The summed E-state index contributed by atoms with van der Waals surface area (Å²) in [4.78, 5) is 4.26. The minimum absolute atomic E-state index is 0.0649. The highest BCUT2D eigenvalue weighted by Gasteiger charge is 2.10. The van der Waals surface area contributed by atoms with Crippen LogP contribution in [-0.4, -0.2) is 30.3 Å². The molecule has 0 atom stereocenters. The summed E-state index contributed by atoms with van der Waals surface area (Å²) in [5.41, 5.74) is 1.11. The van der Waals surface area contributed by atoms with Crippen LogP contribution in [0.25, 0.3) is 0 Å². The average Bonchev–Trinajstić information content (AvgIpc) is 2.37. The van der Waals surface area contributed by atoms with Gasteiger partial charge in [-0.05, 0) is 38.3 Å². The standard InChI is InChI=1S/C16H27ClN2O2/c1-12(2)11-20-6-7-21-15-14(17)8-13(9-18-15)10-19-16(3,4)5/h8-9,12,19H,6-7,10-11H2,1-5H3. The lowest BCUT2D eigenvalue weighted by atomic mass is 10.1. The molecule has 21 heavy (non-hydrogen) atoms. The third-order valence-electron chi connectivity index (χ3n) is 2.60. The van der Waals surface area contributed by atoms with Crippen LogP contribution in [0.2, 0.25) is 5.02 Å². The lowest BCUT2D eigenvalue weighted by molar-refractivity contribution is 0.0806. The molecule has 1 aromatic heterocycles. The first-order valence-electron chi connectivity index (χ1n) is 7.38. The fraction of sp³-hybridized carbons (Fsp3) is 0.688. The molecule has 0 radical (unpaired) electrons. The van der Waals surface area contributed by atoms with E-state index in [1.54, 1.807) is 6.20 Å². The second-order valence-electron chi connectivity index (χ2n) is 6.55. The van der Waals surface area contributed by atoms with Crippen LogP contribution in [-0.2, 0) is 11.3 Å². The molecule has 0 saturated heterocycles. The Morgan fingerprint density at radius 1 is 1.29 bits per heavy atom. The Morgan fingerprint density at radius 3 is 2.57 bits per heavy atom. The largest absolute Gasteiger partial charge is 0.474 e. The minimum Gasteiger partial charge on any atom is -0.474 e. The van der Waals surface area contributed by atoms with Crippen molar-refractivity contribution in [2.24, 2.45) is 5.92 Å². The predicted molar refractivity (Wildman–Crippen MR) is 87.0 cm³/mol. The topological polar surface area (TPSA) is 43.4 Å². The van der Waals surface area contributed by atoms with Crippen LogP contribution in [0.15, 0.2) is 12.3 Å². The van der Waals surface area contributed by atoms with Gasteiger partial charge in [-0.2, -0.15) is 0 Å². The SMILES string of the molecule is CC(C)COCCOc1ncc(CNC(C)(C)C)cc1Cl. The molecule has 1 aromatic rings. The van der Waals surface area contributed by atoms with E-state index in [1.165, 1.54) is 0 Å². The lowest BCUT2D eigenvalue weighted by Crippen LogP contribution is -2.35. The molecular formula is C16H27ClN2O2. The predicted octanol–water partition coefficient (Wildman–Crippen LogP) is 3.67. The highest BCUT2D eigenvalue weighted by molar-refractivity contribution is 6.31. The number of hydrogen-bond acceptors (Lipinski definition) is 4. The van der Waals surface area contributed by atoms with Crippen molar-refractivity contribution in [1.82, 2.24) is 10.3 Å². The molecule has 0 saturated carbocycles. The summed E-state index contributed by atoms with van der Waals surface area (Å²) in [6, 6.07) is 1.89. The molecule has 0 unspecified atom stereocenters. The van der Waals surface area contributed by atoms with E-state index in [9.17, 15) is 0 Å². The molecule has 1 N–H and O–H groups in total. The zero-order valence-electron chi connectivity index (χ0n) is 13.7. The van der Waals surface area contributed by atoms with E-state index < -0.39 is 0 Å². The Morgan fingerprint density at radius 2 is 2.00 bits per heavy atom. The molecule has 0 aromatic carbocycles. The van der Waals surface area contributed by atoms with Crippen LogP contribution >= 0.6 is 11.6 Å². The van der Waals surface area contributed by atoms with Crippen LogP contribution < -0.4 is 10.1 Å². The number of halogens is 1. The van der Waals surface area contributed by atoms with E-state index in [1.807, 2.05) is 6.07 Å². The van der Waals surface area contributed by atoms with E-state index in [-0.39, 0.29) is 5.54 Å². The first-order valence-corrected chi connectivity index (χ1v) is 7.75. The van der Waals surface area contributed by atoms with Crippen molar-refractivity contribution in [3.05, 3.63) is 22.8 Å². The normalized spacial score (nSPS) is 12.0.